The second-order valence-electron chi connectivity index (χ2n) is 4.51. The van der Waals surface area contributed by atoms with E-state index in [-0.39, 0.29) is 6.10 Å². The van der Waals surface area contributed by atoms with Crippen LogP contribution in [-0.4, -0.2) is 15.8 Å². The van der Waals surface area contributed by atoms with Crippen LogP contribution in [0.3, 0.4) is 0 Å². The van der Waals surface area contributed by atoms with Gasteiger partial charge in [0.05, 0.1) is 33.4 Å². The van der Waals surface area contributed by atoms with E-state index in [0.717, 1.165) is 35.0 Å². The molecule has 4 nitrogen and oxygen atoms in total. The van der Waals surface area contributed by atoms with Crippen molar-refractivity contribution >= 4 is 22.1 Å². The summed E-state index contributed by atoms with van der Waals surface area (Å²) in [6.07, 6.45) is 3.85. The van der Waals surface area contributed by atoms with E-state index in [1.165, 1.54) is 0 Å². The van der Waals surface area contributed by atoms with Gasteiger partial charge in [0.15, 0.2) is 0 Å². The normalized spacial score (nSPS) is 20.8. The minimum Gasteiger partial charge on any atom is -0.468 e. The number of thiazole rings is 1. The maximum absolute atomic E-state index is 12.2. The van der Waals surface area contributed by atoms with Crippen LogP contribution in [0.1, 0.15) is 35.4 Å². The lowest BCUT2D eigenvalue weighted by Gasteiger charge is -2.03. The zero-order valence-corrected chi connectivity index (χ0v) is 12.3. The lowest BCUT2D eigenvalue weighted by Crippen LogP contribution is -1.99. The molecule has 1 fully saturated rings. The Kier molecular flexibility index (Phi) is 3.81. The molecule has 3 heterocycles. The first-order chi connectivity index (χ1) is 9.24. The van der Waals surface area contributed by atoms with Crippen LogP contribution in [-0.2, 0) is 21.3 Å². The summed E-state index contributed by atoms with van der Waals surface area (Å²) in [5.41, 5.74) is 0.870. The molecule has 0 unspecified atom stereocenters. The summed E-state index contributed by atoms with van der Waals surface area (Å²) in [5, 5.41) is 2.98. The van der Waals surface area contributed by atoms with Gasteiger partial charge in [-0.2, -0.15) is 0 Å². The minimum atomic E-state index is -1.09. The van der Waals surface area contributed by atoms with Crippen LogP contribution in [0.15, 0.2) is 27.0 Å². The zero-order valence-electron chi connectivity index (χ0n) is 10.6. The van der Waals surface area contributed by atoms with Crippen molar-refractivity contribution in [2.24, 2.45) is 0 Å². The third-order valence-electron chi connectivity index (χ3n) is 3.11. The van der Waals surface area contributed by atoms with E-state index in [4.69, 9.17) is 9.15 Å². The standard InChI is InChI=1S/C13H15NO3S2/c1-9-12(4-6-16-9)19(15)8-10-7-18-13(14-10)11-3-2-5-17-11/h4,6-7,11H,2-3,5,8H2,1H3/t11-,19-/m1/s1. The molecule has 0 saturated carbocycles. The van der Waals surface area contributed by atoms with Crippen molar-refractivity contribution in [3.63, 3.8) is 0 Å². The summed E-state index contributed by atoms with van der Waals surface area (Å²) in [7, 11) is -1.09. The highest BCUT2D eigenvalue weighted by Gasteiger charge is 2.21. The van der Waals surface area contributed by atoms with Gasteiger partial charge < -0.3 is 9.15 Å². The number of nitrogens with zero attached hydrogens (tertiary/aromatic N) is 1. The van der Waals surface area contributed by atoms with Gasteiger partial charge in [-0.3, -0.25) is 4.21 Å². The van der Waals surface area contributed by atoms with E-state index < -0.39 is 10.8 Å². The third kappa shape index (κ3) is 2.80. The van der Waals surface area contributed by atoms with Crippen molar-refractivity contribution in [1.82, 2.24) is 4.98 Å². The Morgan fingerprint density at radius 3 is 3.16 bits per heavy atom. The topological polar surface area (TPSA) is 52.3 Å². The first kappa shape index (κ1) is 13.0. The van der Waals surface area contributed by atoms with Crippen molar-refractivity contribution < 1.29 is 13.4 Å². The molecule has 102 valence electrons. The number of aryl methyl sites for hydroxylation is 1. The number of aromatic nitrogens is 1. The van der Waals surface area contributed by atoms with Crippen molar-refractivity contribution in [3.8, 4) is 0 Å². The number of ether oxygens (including phenoxy) is 1. The second-order valence-corrected chi connectivity index (χ2v) is 6.82. The summed E-state index contributed by atoms with van der Waals surface area (Å²) >= 11 is 1.60. The predicted octanol–water partition coefficient (Wildman–Crippen LogP) is 3.20. The predicted molar refractivity (Wildman–Crippen MR) is 73.6 cm³/mol. The van der Waals surface area contributed by atoms with E-state index in [2.05, 4.69) is 4.98 Å². The Morgan fingerprint density at radius 2 is 2.47 bits per heavy atom. The van der Waals surface area contributed by atoms with Crippen LogP contribution >= 0.6 is 11.3 Å². The van der Waals surface area contributed by atoms with E-state index in [0.29, 0.717) is 11.5 Å². The lowest BCUT2D eigenvalue weighted by molar-refractivity contribution is 0.111. The average Bonchev–Trinajstić information content (AvgIpc) is 3.07. The molecule has 6 heteroatoms. The highest BCUT2D eigenvalue weighted by atomic mass is 32.2. The Balaban J connectivity index is 1.70. The quantitative estimate of drug-likeness (QED) is 0.869. The van der Waals surface area contributed by atoms with Gasteiger partial charge in [0.25, 0.3) is 0 Å². The molecule has 0 spiro atoms. The number of hydrogen-bond acceptors (Lipinski definition) is 5. The van der Waals surface area contributed by atoms with Crippen LogP contribution in [0.2, 0.25) is 0 Å². The molecule has 1 aliphatic heterocycles. The van der Waals surface area contributed by atoms with Gasteiger partial charge in [-0.25, -0.2) is 4.98 Å². The largest absolute Gasteiger partial charge is 0.468 e. The smallest absolute Gasteiger partial charge is 0.122 e. The Hall–Kier alpha value is -0.980. The van der Waals surface area contributed by atoms with Gasteiger partial charge in [0.1, 0.15) is 16.9 Å². The van der Waals surface area contributed by atoms with Gasteiger partial charge in [-0.1, -0.05) is 0 Å². The second kappa shape index (κ2) is 5.56. The minimum absolute atomic E-state index is 0.142. The molecule has 2 atom stereocenters. The van der Waals surface area contributed by atoms with Crippen molar-refractivity contribution in [3.05, 3.63) is 34.2 Å². The van der Waals surface area contributed by atoms with Gasteiger partial charge in [0.2, 0.25) is 0 Å². The van der Waals surface area contributed by atoms with E-state index in [1.54, 1.807) is 23.7 Å². The van der Waals surface area contributed by atoms with Crippen LogP contribution in [0, 0.1) is 6.92 Å². The first-order valence-electron chi connectivity index (χ1n) is 6.22. The molecule has 19 heavy (non-hydrogen) atoms. The van der Waals surface area contributed by atoms with E-state index >= 15 is 0 Å². The van der Waals surface area contributed by atoms with Crippen LogP contribution < -0.4 is 0 Å². The molecule has 3 rings (SSSR count). The Labute approximate surface area is 118 Å². The SMILES string of the molecule is Cc1occc1[S@](=O)Cc1csc([C@H]2CCCO2)n1. The number of rotatable bonds is 4. The fourth-order valence-corrected chi connectivity index (χ4v) is 4.28. The van der Waals surface area contributed by atoms with E-state index in [9.17, 15) is 4.21 Å². The summed E-state index contributed by atoms with van der Waals surface area (Å²) < 4.78 is 23.0. The fourth-order valence-electron chi connectivity index (χ4n) is 2.13. The first-order valence-corrected chi connectivity index (χ1v) is 8.42. The molecular weight excluding hydrogens is 282 g/mol. The van der Waals surface area contributed by atoms with Gasteiger partial charge in [0, 0.05) is 12.0 Å². The molecule has 2 aromatic rings. The maximum Gasteiger partial charge on any atom is 0.122 e. The monoisotopic (exact) mass is 297 g/mol. The summed E-state index contributed by atoms with van der Waals surface area (Å²) in [6.45, 7) is 2.64. The molecule has 0 radical (unpaired) electrons. The average molecular weight is 297 g/mol. The zero-order chi connectivity index (χ0) is 13.2. The molecule has 0 aliphatic carbocycles. The molecule has 2 aromatic heterocycles. The van der Waals surface area contributed by atoms with Gasteiger partial charge >= 0.3 is 0 Å². The third-order valence-corrected chi connectivity index (χ3v) is 5.57. The van der Waals surface area contributed by atoms with E-state index in [1.807, 2.05) is 12.3 Å². The van der Waals surface area contributed by atoms with Crippen LogP contribution in [0.4, 0.5) is 0 Å². The molecular formula is C13H15NO3S2. The highest BCUT2D eigenvalue weighted by Crippen LogP contribution is 2.31. The van der Waals surface area contributed by atoms with Gasteiger partial charge in [-0.15, -0.1) is 11.3 Å². The Bertz CT molecular complexity index is 584. The summed E-state index contributed by atoms with van der Waals surface area (Å²) in [4.78, 5) is 5.30. The molecule has 0 amide bonds. The summed E-state index contributed by atoms with van der Waals surface area (Å²) in [6, 6.07) is 1.76. The molecule has 0 aromatic carbocycles. The van der Waals surface area contributed by atoms with Crippen molar-refractivity contribution in [2.75, 3.05) is 6.61 Å². The summed E-state index contributed by atoms with van der Waals surface area (Å²) in [5.74, 6) is 1.15. The maximum atomic E-state index is 12.2. The van der Waals surface area contributed by atoms with Crippen LogP contribution in [0.25, 0.3) is 0 Å². The molecule has 0 N–H and O–H groups in total. The van der Waals surface area contributed by atoms with Crippen molar-refractivity contribution in [2.45, 2.75) is 36.5 Å². The number of furan rings is 1. The Morgan fingerprint density at radius 1 is 1.58 bits per heavy atom. The van der Waals surface area contributed by atoms with Crippen LogP contribution in [0.5, 0.6) is 0 Å². The van der Waals surface area contributed by atoms with Crippen molar-refractivity contribution in [1.29, 1.82) is 0 Å². The molecule has 1 aliphatic rings. The molecule has 1 saturated heterocycles. The molecule has 0 bridgehead atoms. The highest BCUT2D eigenvalue weighted by molar-refractivity contribution is 7.84. The van der Waals surface area contributed by atoms with Gasteiger partial charge in [-0.05, 0) is 25.8 Å². The lowest BCUT2D eigenvalue weighted by atomic mass is 10.2. The number of hydrogen-bond donors (Lipinski definition) is 0. The fraction of sp³-hybridized carbons (Fsp3) is 0.462.